The van der Waals surface area contributed by atoms with Crippen molar-refractivity contribution in [2.75, 3.05) is 19.7 Å². The summed E-state index contributed by atoms with van der Waals surface area (Å²) in [5.74, 6) is -1.12. The minimum absolute atomic E-state index is 0.166. The zero-order valence-corrected chi connectivity index (χ0v) is 13.6. The van der Waals surface area contributed by atoms with Gasteiger partial charge in [0, 0.05) is 19.7 Å². The van der Waals surface area contributed by atoms with Crippen molar-refractivity contribution in [1.29, 1.82) is 0 Å². The molecule has 1 aromatic carbocycles. The van der Waals surface area contributed by atoms with Crippen LogP contribution in [-0.4, -0.2) is 35.5 Å². The second kappa shape index (κ2) is 6.55. The van der Waals surface area contributed by atoms with E-state index in [9.17, 15) is 13.6 Å². The molecule has 0 radical (unpaired) electrons. The lowest BCUT2D eigenvalue weighted by atomic mass is 9.91. The topological polar surface area (TPSA) is 55.6 Å². The van der Waals surface area contributed by atoms with E-state index >= 15 is 0 Å². The van der Waals surface area contributed by atoms with E-state index in [-0.39, 0.29) is 17.9 Å². The maximum absolute atomic E-state index is 13.3. The second-order valence-electron chi connectivity index (χ2n) is 6.60. The van der Waals surface area contributed by atoms with Gasteiger partial charge in [0.2, 0.25) is 0 Å². The molecule has 2 aromatic rings. The Morgan fingerprint density at radius 2 is 2.12 bits per heavy atom. The summed E-state index contributed by atoms with van der Waals surface area (Å²) in [7, 11) is 0. The van der Waals surface area contributed by atoms with E-state index in [1.807, 2.05) is 0 Å². The standard InChI is InChI=1S/C18H18F2N2O3/c19-13-4-3-11(7-14(13)20)6-12-8-22(9-12)18(23)16-17(25-10-21-16)15-2-1-5-24-15/h3-4,7,10,12,15H,1-2,5-6,8-9H2. The number of rotatable bonds is 4. The normalized spacial score (nSPS) is 20.7. The molecule has 1 aromatic heterocycles. The Morgan fingerprint density at radius 3 is 2.84 bits per heavy atom. The highest BCUT2D eigenvalue weighted by Crippen LogP contribution is 2.32. The van der Waals surface area contributed by atoms with Crippen LogP contribution in [0.3, 0.4) is 0 Å². The molecule has 0 spiro atoms. The Morgan fingerprint density at radius 1 is 1.28 bits per heavy atom. The first-order valence-electron chi connectivity index (χ1n) is 8.40. The van der Waals surface area contributed by atoms with Crippen molar-refractivity contribution in [1.82, 2.24) is 9.88 Å². The van der Waals surface area contributed by atoms with Gasteiger partial charge < -0.3 is 14.1 Å². The Bertz CT molecular complexity index is 780. The first-order valence-corrected chi connectivity index (χ1v) is 8.40. The maximum atomic E-state index is 13.3. The Hall–Kier alpha value is -2.28. The molecule has 132 valence electrons. The van der Waals surface area contributed by atoms with Gasteiger partial charge in [0.25, 0.3) is 5.91 Å². The first kappa shape index (κ1) is 16.2. The van der Waals surface area contributed by atoms with Crippen molar-refractivity contribution in [3.05, 3.63) is 53.2 Å². The predicted octanol–water partition coefficient (Wildman–Crippen LogP) is 3.12. The number of oxazole rings is 1. The molecular weight excluding hydrogens is 330 g/mol. The second-order valence-corrected chi connectivity index (χ2v) is 6.60. The zero-order valence-electron chi connectivity index (χ0n) is 13.6. The SMILES string of the molecule is O=C(c1ncoc1C1CCCO1)N1CC(Cc2ccc(F)c(F)c2)C1. The van der Waals surface area contributed by atoms with E-state index in [1.165, 1.54) is 12.5 Å². The van der Waals surface area contributed by atoms with Crippen LogP contribution in [0.25, 0.3) is 0 Å². The number of halogens is 2. The van der Waals surface area contributed by atoms with Gasteiger partial charge in [0.1, 0.15) is 6.10 Å². The number of aromatic nitrogens is 1. The summed E-state index contributed by atoms with van der Waals surface area (Å²) in [5, 5.41) is 0. The predicted molar refractivity (Wildman–Crippen MR) is 83.9 cm³/mol. The molecule has 4 rings (SSSR count). The van der Waals surface area contributed by atoms with Crippen LogP contribution in [0.1, 0.15) is 40.8 Å². The van der Waals surface area contributed by atoms with E-state index in [2.05, 4.69) is 4.98 Å². The van der Waals surface area contributed by atoms with Gasteiger partial charge in [-0.3, -0.25) is 4.79 Å². The van der Waals surface area contributed by atoms with E-state index < -0.39 is 11.6 Å². The minimum atomic E-state index is -0.846. The minimum Gasteiger partial charge on any atom is -0.445 e. The highest BCUT2D eigenvalue weighted by Gasteiger charge is 2.36. The fourth-order valence-corrected chi connectivity index (χ4v) is 3.44. The highest BCUT2D eigenvalue weighted by atomic mass is 19.2. The van der Waals surface area contributed by atoms with Crippen LogP contribution in [0.4, 0.5) is 8.78 Å². The van der Waals surface area contributed by atoms with E-state index in [1.54, 1.807) is 11.0 Å². The quantitative estimate of drug-likeness (QED) is 0.852. The number of ether oxygens (including phenoxy) is 1. The fraction of sp³-hybridized carbons (Fsp3) is 0.444. The summed E-state index contributed by atoms with van der Waals surface area (Å²) in [6.07, 6.45) is 3.47. The number of carbonyl (C=O) groups is 1. The van der Waals surface area contributed by atoms with Gasteiger partial charge in [-0.1, -0.05) is 6.07 Å². The number of benzene rings is 1. The summed E-state index contributed by atoms with van der Waals surface area (Å²) in [6.45, 7) is 1.80. The van der Waals surface area contributed by atoms with Crippen molar-refractivity contribution in [3.63, 3.8) is 0 Å². The van der Waals surface area contributed by atoms with Crippen molar-refractivity contribution >= 4 is 5.91 Å². The number of nitrogens with zero attached hydrogens (tertiary/aromatic N) is 2. The van der Waals surface area contributed by atoms with Crippen molar-refractivity contribution in [2.45, 2.75) is 25.4 Å². The molecule has 2 fully saturated rings. The summed E-state index contributed by atoms with van der Waals surface area (Å²) >= 11 is 0. The fourth-order valence-electron chi connectivity index (χ4n) is 3.44. The van der Waals surface area contributed by atoms with E-state index in [0.717, 1.165) is 24.5 Å². The van der Waals surface area contributed by atoms with Gasteiger partial charge in [-0.05, 0) is 42.9 Å². The monoisotopic (exact) mass is 348 g/mol. The molecule has 25 heavy (non-hydrogen) atoms. The molecule has 2 aliphatic rings. The Labute approximate surface area is 143 Å². The summed E-state index contributed by atoms with van der Waals surface area (Å²) < 4.78 is 37.2. The molecular formula is C18H18F2N2O3. The summed E-state index contributed by atoms with van der Waals surface area (Å²) in [4.78, 5) is 18.4. The molecule has 3 heterocycles. The maximum Gasteiger partial charge on any atom is 0.276 e. The molecule has 2 saturated heterocycles. The lowest BCUT2D eigenvalue weighted by Gasteiger charge is -2.39. The van der Waals surface area contributed by atoms with Crippen LogP contribution in [0.2, 0.25) is 0 Å². The van der Waals surface area contributed by atoms with Crippen LogP contribution in [0.15, 0.2) is 29.0 Å². The average molecular weight is 348 g/mol. The van der Waals surface area contributed by atoms with Crippen LogP contribution in [0.5, 0.6) is 0 Å². The van der Waals surface area contributed by atoms with Gasteiger partial charge in [-0.25, -0.2) is 13.8 Å². The largest absolute Gasteiger partial charge is 0.445 e. The molecule has 0 aliphatic carbocycles. The number of likely N-dealkylation sites (tertiary alicyclic amines) is 1. The molecule has 5 nitrogen and oxygen atoms in total. The smallest absolute Gasteiger partial charge is 0.276 e. The van der Waals surface area contributed by atoms with Crippen LogP contribution < -0.4 is 0 Å². The first-order chi connectivity index (χ1) is 12.1. The van der Waals surface area contributed by atoms with Crippen molar-refractivity contribution in [3.8, 4) is 0 Å². The van der Waals surface area contributed by atoms with Crippen molar-refractivity contribution in [2.24, 2.45) is 5.92 Å². The van der Waals surface area contributed by atoms with Crippen LogP contribution in [0, 0.1) is 17.6 Å². The van der Waals surface area contributed by atoms with Gasteiger partial charge >= 0.3 is 0 Å². The zero-order chi connectivity index (χ0) is 17.4. The third kappa shape index (κ3) is 3.16. The molecule has 7 heteroatoms. The van der Waals surface area contributed by atoms with Crippen LogP contribution >= 0.6 is 0 Å². The molecule has 0 saturated carbocycles. The third-order valence-corrected chi connectivity index (χ3v) is 4.77. The molecule has 1 atom stereocenters. The molecule has 1 unspecified atom stereocenters. The van der Waals surface area contributed by atoms with Gasteiger partial charge in [-0.15, -0.1) is 0 Å². The number of hydrogen-bond donors (Lipinski definition) is 0. The Kier molecular flexibility index (Phi) is 4.25. The van der Waals surface area contributed by atoms with E-state index in [0.29, 0.717) is 37.6 Å². The average Bonchev–Trinajstić information content (AvgIpc) is 3.23. The number of hydrogen-bond acceptors (Lipinski definition) is 4. The lowest BCUT2D eigenvalue weighted by molar-refractivity contribution is 0.0477. The highest BCUT2D eigenvalue weighted by molar-refractivity contribution is 5.93. The lowest BCUT2D eigenvalue weighted by Crippen LogP contribution is -2.51. The van der Waals surface area contributed by atoms with Crippen LogP contribution in [-0.2, 0) is 11.2 Å². The molecule has 2 aliphatic heterocycles. The molecule has 1 amide bonds. The van der Waals surface area contributed by atoms with Gasteiger partial charge in [0.05, 0.1) is 0 Å². The van der Waals surface area contributed by atoms with E-state index in [4.69, 9.17) is 9.15 Å². The van der Waals surface area contributed by atoms with Crippen molar-refractivity contribution < 1.29 is 22.7 Å². The molecule has 0 bridgehead atoms. The van der Waals surface area contributed by atoms with Gasteiger partial charge in [-0.2, -0.15) is 0 Å². The number of carbonyl (C=O) groups excluding carboxylic acids is 1. The summed E-state index contributed by atoms with van der Waals surface area (Å²) in [6, 6.07) is 3.93. The Balaban J connectivity index is 1.36. The summed E-state index contributed by atoms with van der Waals surface area (Å²) in [5.41, 5.74) is 1.05. The van der Waals surface area contributed by atoms with Gasteiger partial charge in [0.15, 0.2) is 29.5 Å². The number of amides is 1. The molecule has 0 N–H and O–H groups in total. The third-order valence-electron chi connectivity index (χ3n) is 4.77.